The molecule has 34 heavy (non-hydrogen) atoms. The second-order valence-electron chi connectivity index (χ2n) is 9.55. The van der Waals surface area contributed by atoms with Crippen LogP contribution in [0.1, 0.15) is 24.1 Å². The van der Waals surface area contributed by atoms with Gasteiger partial charge in [-0.25, -0.2) is 0 Å². The predicted molar refractivity (Wildman–Crippen MR) is 143 cm³/mol. The molecule has 0 radical (unpaired) electrons. The molecule has 162 valence electrons. The van der Waals surface area contributed by atoms with Crippen LogP contribution in [-0.2, 0) is 12.8 Å². The first-order valence-electron chi connectivity index (χ1n) is 12.2. The summed E-state index contributed by atoms with van der Waals surface area (Å²) in [5, 5.41) is 1.42. The van der Waals surface area contributed by atoms with Gasteiger partial charge in [-0.1, -0.05) is 0 Å². The number of fused-ring (bicyclic) bond motifs is 7. The van der Waals surface area contributed by atoms with Crippen molar-refractivity contribution in [3.8, 4) is 17.2 Å². The number of para-hydroxylation sites is 1. The number of rotatable bonds is 1. The van der Waals surface area contributed by atoms with E-state index in [1.54, 1.807) is 5.56 Å². The Balaban J connectivity index is 1.39. The molecule has 0 amide bonds. The Morgan fingerprint density at radius 3 is 2.59 bits per heavy atom. The van der Waals surface area contributed by atoms with Crippen LogP contribution >= 0.6 is 0 Å². The summed E-state index contributed by atoms with van der Waals surface area (Å²) in [5.41, 5.74) is 9.76. The molecule has 3 aliphatic rings. The fourth-order valence-corrected chi connectivity index (χ4v) is 8.74. The molecule has 0 N–H and O–H groups in total. The average molecular weight is 502 g/mol. The number of hydrogen-bond donors (Lipinski definition) is 0. The summed E-state index contributed by atoms with van der Waals surface area (Å²) in [6.07, 6.45) is 4.90. The van der Waals surface area contributed by atoms with Crippen LogP contribution in [0.2, 0.25) is 0 Å². The van der Waals surface area contributed by atoms with E-state index in [9.17, 15) is 0 Å². The summed E-state index contributed by atoms with van der Waals surface area (Å²) in [6.45, 7) is 0.236. The summed E-state index contributed by atoms with van der Waals surface area (Å²) in [5.74, 6) is 2.02. The van der Waals surface area contributed by atoms with Gasteiger partial charge in [-0.05, 0) is 0 Å². The monoisotopic (exact) mass is 503 g/mol. The van der Waals surface area contributed by atoms with Crippen LogP contribution in [0.5, 0.6) is 11.5 Å². The summed E-state index contributed by atoms with van der Waals surface area (Å²) in [6, 6.07) is 31.4. The maximum atomic E-state index is 6.51. The first-order chi connectivity index (χ1) is 16.9. The van der Waals surface area contributed by atoms with E-state index in [0.717, 1.165) is 17.9 Å². The van der Waals surface area contributed by atoms with Crippen LogP contribution in [-0.4, -0.2) is 26.2 Å². The second-order valence-corrected chi connectivity index (χ2v) is 11.8. The van der Waals surface area contributed by atoms with Gasteiger partial charge in [-0.2, -0.15) is 0 Å². The molecular formula is C30H22BNOSe. The van der Waals surface area contributed by atoms with Crippen LogP contribution < -0.4 is 30.0 Å². The molecule has 0 saturated carbocycles. The van der Waals surface area contributed by atoms with Crippen molar-refractivity contribution < 1.29 is 4.74 Å². The van der Waals surface area contributed by atoms with Gasteiger partial charge in [0.1, 0.15) is 0 Å². The predicted octanol–water partition coefficient (Wildman–Crippen LogP) is 3.10. The van der Waals surface area contributed by atoms with Crippen LogP contribution in [0, 0.1) is 0 Å². The van der Waals surface area contributed by atoms with Crippen molar-refractivity contribution in [2.45, 2.75) is 25.7 Å². The second kappa shape index (κ2) is 7.15. The molecule has 0 unspecified atom stereocenters. The van der Waals surface area contributed by atoms with E-state index < -0.39 is 0 Å². The molecule has 0 fully saturated rings. The van der Waals surface area contributed by atoms with Gasteiger partial charge in [0, 0.05) is 0 Å². The van der Waals surface area contributed by atoms with Crippen molar-refractivity contribution in [2.75, 3.05) is 0 Å². The third-order valence-corrected chi connectivity index (χ3v) is 10.2. The summed E-state index contributed by atoms with van der Waals surface area (Å²) < 4.78 is 12.0. The van der Waals surface area contributed by atoms with E-state index in [2.05, 4.69) is 89.5 Å². The van der Waals surface area contributed by atoms with E-state index in [-0.39, 0.29) is 6.71 Å². The molecule has 2 nitrogen and oxygen atoms in total. The number of hydrogen-bond acceptors (Lipinski definition) is 1. The molecule has 8 rings (SSSR count). The van der Waals surface area contributed by atoms with Crippen LogP contribution in [0.4, 0.5) is 0 Å². The first kappa shape index (κ1) is 19.1. The summed E-state index contributed by atoms with van der Waals surface area (Å²) >= 11 is 0.312. The molecule has 5 aromatic rings. The van der Waals surface area contributed by atoms with E-state index in [1.165, 1.54) is 66.9 Å². The molecule has 0 spiro atoms. The zero-order chi connectivity index (χ0) is 22.2. The van der Waals surface area contributed by atoms with E-state index in [4.69, 9.17) is 4.74 Å². The van der Waals surface area contributed by atoms with Crippen molar-refractivity contribution in [1.29, 1.82) is 0 Å². The van der Waals surface area contributed by atoms with Crippen molar-refractivity contribution in [2.24, 2.45) is 0 Å². The summed E-state index contributed by atoms with van der Waals surface area (Å²) in [4.78, 5) is 0. The van der Waals surface area contributed by atoms with Crippen molar-refractivity contribution in [1.82, 2.24) is 4.57 Å². The van der Waals surface area contributed by atoms with E-state index in [1.807, 2.05) is 0 Å². The van der Waals surface area contributed by atoms with Gasteiger partial charge < -0.3 is 0 Å². The molecule has 3 heterocycles. The van der Waals surface area contributed by atoms with E-state index in [0.29, 0.717) is 15.0 Å². The molecule has 0 saturated heterocycles. The van der Waals surface area contributed by atoms with Gasteiger partial charge in [-0.3, -0.25) is 0 Å². The average Bonchev–Trinajstić information content (AvgIpc) is 3.23. The maximum absolute atomic E-state index is 6.51. The van der Waals surface area contributed by atoms with Crippen molar-refractivity contribution in [3.63, 3.8) is 0 Å². The minimum absolute atomic E-state index is 0.236. The molecule has 4 aromatic carbocycles. The summed E-state index contributed by atoms with van der Waals surface area (Å²) in [7, 11) is 0. The Labute approximate surface area is 205 Å². The van der Waals surface area contributed by atoms with Gasteiger partial charge >= 0.3 is 206 Å². The number of nitrogens with zero attached hydrogens (tertiary/aromatic N) is 1. The number of aromatic nitrogens is 1. The Hall–Kier alpha value is -3.20. The third kappa shape index (κ3) is 2.59. The van der Waals surface area contributed by atoms with Gasteiger partial charge in [-0.15, -0.1) is 0 Å². The first-order valence-corrected chi connectivity index (χ1v) is 13.9. The fourth-order valence-electron chi connectivity index (χ4n) is 6.30. The zero-order valence-corrected chi connectivity index (χ0v) is 20.5. The molecule has 0 atom stereocenters. The van der Waals surface area contributed by atoms with Crippen LogP contribution in [0.15, 0.2) is 84.9 Å². The minimum atomic E-state index is 0.236. The molecule has 1 aliphatic carbocycles. The molecule has 0 bridgehead atoms. The molecule has 1 aromatic heterocycles. The van der Waals surface area contributed by atoms with Gasteiger partial charge in [0.25, 0.3) is 0 Å². The molecule has 2 aliphatic heterocycles. The fraction of sp³-hybridized carbons (Fsp3) is 0.133. The van der Waals surface area contributed by atoms with Gasteiger partial charge in [0.15, 0.2) is 0 Å². The number of ether oxygens (including phenoxy) is 1. The normalized spacial score (nSPS) is 15.2. The SMILES string of the molecule is c1ccc2c(c1)[Se]c1cccc3c1B2c1cc(-n2c4c(c5ccccc52)CCCC4)ccc1O3. The molecular weight excluding hydrogens is 480 g/mol. The Morgan fingerprint density at radius 2 is 1.59 bits per heavy atom. The Bertz CT molecular complexity index is 1620. The van der Waals surface area contributed by atoms with E-state index >= 15 is 0 Å². The Morgan fingerprint density at radius 1 is 0.735 bits per heavy atom. The number of aryl methyl sites for hydroxylation is 1. The van der Waals surface area contributed by atoms with Gasteiger partial charge in [0.2, 0.25) is 0 Å². The standard InChI is InChI=1S/C30H22BNOSe/c1-4-11-24-20(8-1)21-9-2-5-12-25(21)32(24)19-16-17-26-23(18-19)31-22-10-3-6-14-28(22)34-29-15-7-13-27(33-26)30(29)31/h1,3-4,6-8,10-11,13-18H,2,5,9,12H2. The van der Waals surface area contributed by atoms with Crippen molar-refractivity contribution >= 4 is 57.9 Å². The van der Waals surface area contributed by atoms with Crippen LogP contribution in [0.3, 0.4) is 0 Å². The topological polar surface area (TPSA) is 14.2 Å². The van der Waals surface area contributed by atoms with Crippen LogP contribution in [0.25, 0.3) is 16.6 Å². The Kier molecular flexibility index (Phi) is 4.03. The number of benzene rings is 4. The van der Waals surface area contributed by atoms with Gasteiger partial charge in [0.05, 0.1) is 0 Å². The quantitative estimate of drug-likeness (QED) is 0.315. The molecule has 4 heteroatoms. The zero-order valence-electron chi connectivity index (χ0n) is 18.8. The van der Waals surface area contributed by atoms with Crippen molar-refractivity contribution in [3.05, 3.63) is 96.2 Å². The third-order valence-electron chi connectivity index (χ3n) is 7.73.